The molecular formula is C9H20ClNO2S2. The fourth-order valence-electron chi connectivity index (χ4n) is 1.07. The first-order valence-corrected chi connectivity index (χ1v) is 8.62. The molecule has 1 N–H and O–H groups in total. The average Bonchev–Trinajstić information content (AvgIpc) is 2.16. The van der Waals surface area contributed by atoms with E-state index in [1.165, 1.54) is 0 Å². The maximum absolute atomic E-state index is 11.5. The van der Waals surface area contributed by atoms with Crippen molar-refractivity contribution < 1.29 is 8.42 Å². The topological polar surface area (TPSA) is 46.2 Å². The highest BCUT2D eigenvalue weighted by Crippen LogP contribution is 2.04. The van der Waals surface area contributed by atoms with Crippen LogP contribution in [0.15, 0.2) is 0 Å². The number of alkyl halides is 1. The van der Waals surface area contributed by atoms with Crippen LogP contribution in [0.4, 0.5) is 0 Å². The summed E-state index contributed by atoms with van der Waals surface area (Å²) in [6.45, 7) is 2.57. The minimum atomic E-state index is -3.09. The van der Waals surface area contributed by atoms with Crippen molar-refractivity contribution in [2.24, 2.45) is 5.92 Å². The summed E-state index contributed by atoms with van der Waals surface area (Å²) in [7, 11) is -3.09. The molecule has 0 spiro atoms. The normalized spacial score (nSPS) is 14.1. The van der Waals surface area contributed by atoms with E-state index < -0.39 is 10.0 Å². The number of halogens is 1. The third-order valence-corrected chi connectivity index (χ3v) is 4.50. The zero-order chi connectivity index (χ0) is 11.7. The van der Waals surface area contributed by atoms with Gasteiger partial charge >= 0.3 is 0 Å². The summed E-state index contributed by atoms with van der Waals surface area (Å²) >= 11 is 7.21. The molecule has 0 aromatic rings. The van der Waals surface area contributed by atoms with Crippen LogP contribution in [0.25, 0.3) is 0 Å². The highest BCUT2D eigenvalue weighted by molar-refractivity contribution is 7.98. The largest absolute Gasteiger partial charge is 0.215 e. The number of thioether (sulfide) groups is 1. The number of nitrogens with one attached hydrogen (secondary N) is 1. The summed E-state index contributed by atoms with van der Waals surface area (Å²) in [5, 5.41) is 0. The van der Waals surface area contributed by atoms with Crippen molar-refractivity contribution in [2.45, 2.75) is 19.8 Å². The number of rotatable bonds is 9. The minimum Gasteiger partial charge on any atom is -0.215 e. The van der Waals surface area contributed by atoms with Crippen LogP contribution >= 0.6 is 23.4 Å². The summed E-state index contributed by atoms with van der Waals surface area (Å²) in [6.07, 6.45) is 3.41. The summed E-state index contributed by atoms with van der Waals surface area (Å²) in [6, 6.07) is 0. The predicted octanol–water partition coefficient (Wildman–Crippen LogP) is 1.92. The molecule has 0 fully saturated rings. The molecular weight excluding hydrogens is 254 g/mol. The molecule has 0 bridgehead atoms. The van der Waals surface area contributed by atoms with E-state index in [0.29, 0.717) is 24.8 Å². The van der Waals surface area contributed by atoms with Gasteiger partial charge < -0.3 is 0 Å². The molecule has 0 aromatic heterocycles. The first-order valence-electron chi connectivity index (χ1n) is 5.04. The SMILES string of the molecule is CSCC(C)CNS(=O)(=O)CCCCCl. The molecule has 0 aliphatic heterocycles. The van der Waals surface area contributed by atoms with Gasteiger partial charge in [0.25, 0.3) is 0 Å². The van der Waals surface area contributed by atoms with Crippen molar-refractivity contribution in [2.75, 3.05) is 30.2 Å². The van der Waals surface area contributed by atoms with Crippen LogP contribution in [0.1, 0.15) is 19.8 Å². The Morgan fingerprint density at radius 3 is 2.60 bits per heavy atom. The smallest absolute Gasteiger partial charge is 0.211 e. The van der Waals surface area contributed by atoms with E-state index in [2.05, 4.69) is 4.72 Å². The molecule has 6 heteroatoms. The zero-order valence-corrected chi connectivity index (χ0v) is 11.7. The molecule has 0 aromatic carbocycles. The third kappa shape index (κ3) is 9.48. The molecule has 1 unspecified atom stereocenters. The number of sulfonamides is 1. The van der Waals surface area contributed by atoms with Crippen molar-refractivity contribution >= 4 is 33.4 Å². The van der Waals surface area contributed by atoms with E-state index in [-0.39, 0.29) is 5.75 Å². The monoisotopic (exact) mass is 273 g/mol. The number of unbranched alkanes of at least 4 members (excludes halogenated alkanes) is 1. The van der Waals surface area contributed by atoms with E-state index >= 15 is 0 Å². The van der Waals surface area contributed by atoms with Crippen LogP contribution in [0.3, 0.4) is 0 Å². The fourth-order valence-corrected chi connectivity index (χ4v) is 3.21. The van der Waals surface area contributed by atoms with E-state index in [1.54, 1.807) is 11.8 Å². The Kier molecular flexibility index (Phi) is 8.99. The first kappa shape index (κ1) is 15.6. The highest BCUT2D eigenvalue weighted by atomic mass is 35.5. The second-order valence-electron chi connectivity index (χ2n) is 3.62. The van der Waals surface area contributed by atoms with Crippen LogP contribution in [-0.2, 0) is 10.0 Å². The molecule has 0 aliphatic rings. The standard InChI is InChI=1S/C9H20ClNO2S2/c1-9(8-14-2)7-11-15(12,13)6-4-3-5-10/h9,11H,3-8H2,1-2H3. The molecule has 0 radical (unpaired) electrons. The van der Waals surface area contributed by atoms with Gasteiger partial charge in [0.2, 0.25) is 10.0 Å². The van der Waals surface area contributed by atoms with Gasteiger partial charge in [0.15, 0.2) is 0 Å². The maximum Gasteiger partial charge on any atom is 0.211 e. The van der Waals surface area contributed by atoms with Crippen LogP contribution in [-0.4, -0.2) is 38.6 Å². The molecule has 0 amide bonds. The second kappa shape index (κ2) is 8.67. The summed E-state index contributed by atoms with van der Waals surface area (Å²) in [5.41, 5.74) is 0. The number of hydrogen-bond donors (Lipinski definition) is 1. The van der Waals surface area contributed by atoms with E-state index in [4.69, 9.17) is 11.6 Å². The molecule has 0 saturated carbocycles. The average molecular weight is 274 g/mol. The molecule has 1 atom stereocenters. The quantitative estimate of drug-likeness (QED) is 0.516. The summed E-state index contributed by atoms with van der Waals surface area (Å²) < 4.78 is 25.5. The fraction of sp³-hybridized carbons (Fsp3) is 1.00. The molecule has 0 saturated heterocycles. The van der Waals surface area contributed by atoms with Gasteiger partial charge in [-0.25, -0.2) is 13.1 Å². The van der Waals surface area contributed by atoms with Gasteiger partial charge in [-0.05, 0) is 30.8 Å². The summed E-state index contributed by atoms with van der Waals surface area (Å²) in [5.74, 6) is 2.07. The van der Waals surface area contributed by atoms with Crippen LogP contribution in [0, 0.1) is 5.92 Å². The highest BCUT2D eigenvalue weighted by Gasteiger charge is 2.11. The third-order valence-electron chi connectivity index (χ3n) is 1.90. The Balaban J connectivity index is 3.73. The van der Waals surface area contributed by atoms with Crippen LogP contribution in [0.2, 0.25) is 0 Å². The van der Waals surface area contributed by atoms with E-state index in [9.17, 15) is 8.42 Å². The van der Waals surface area contributed by atoms with Crippen molar-refractivity contribution in [1.29, 1.82) is 0 Å². The van der Waals surface area contributed by atoms with E-state index in [0.717, 1.165) is 12.2 Å². The van der Waals surface area contributed by atoms with Crippen molar-refractivity contribution in [3.05, 3.63) is 0 Å². The minimum absolute atomic E-state index is 0.186. The lowest BCUT2D eigenvalue weighted by Crippen LogP contribution is -2.31. The lowest BCUT2D eigenvalue weighted by Gasteiger charge is -2.11. The summed E-state index contributed by atoms with van der Waals surface area (Å²) in [4.78, 5) is 0. The van der Waals surface area contributed by atoms with Gasteiger partial charge in [-0.3, -0.25) is 0 Å². The first-order chi connectivity index (χ1) is 7.02. The Labute approximate surface area is 102 Å². The van der Waals surface area contributed by atoms with E-state index in [1.807, 2.05) is 13.2 Å². The van der Waals surface area contributed by atoms with Gasteiger partial charge in [0.05, 0.1) is 5.75 Å². The van der Waals surface area contributed by atoms with Gasteiger partial charge in [-0.1, -0.05) is 6.92 Å². The van der Waals surface area contributed by atoms with Gasteiger partial charge in [0.1, 0.15) is 0 Å². The Morgan fingerprint density at radius 2 is 2.07 bits per heavy atom. The molecule has 92 valence electrons. The Bertz CT molecular complexity index is 244. The van der Waals surface area contributed by atoms with Gasteiger partial charge in [-0.15, -0.1) is 11.6 Å². The molecule has 3 nitrogen and oxygen atoms in total. The zero-order valence-electron chi connectivity index (χ0n) is 9.33. The van der Waals surface area contributed by atoms with Gasteiger partial charge in [-0.2, -0.15) is 11.8 Å². The Hall–Kier alpha value is 0.550. The van der Waals surface area contributed by atoms with Gasteiger partial charge in [0, 0.05) is 12.4 Å². The van der Waals surface area contributed by atoms with Crippen molar-refractivity contribution in [1.82, 2.24) is 4.72 Å². The lowest BCUT2D eigenvalue weighted by molar-refractivity contribution is 0.560. The molecule has 0 heterocycles. The molecule has 0 rings (SSSR count). The van der Waals surface area contributed by atoms with Crippen molar-refractivity contribution in [3.63, 3.8) is 0 Å². The lowest BCUT2D eigenvalue weighted by atomic mass is 10.2. The molecule has 15 heavy (non-hydrogen) atoms. The second-order valence-corrected chi connectivity index (χ2v) is 6.84. The maximum atomic E-state index is 11.5. The molecule has 0 aliphatic carbocycles. The van der Waals surface area contributed by atoms with Crippen molar-refractivity contribution in [3.8, 4) is 0 Å². The van der Waals surface area contributed by atoms with Crippen LogP contribution in [0.5, 0.6) is 0 Å². The predicted molar refractivity (Wildman–Crippen MR) is 69.3 cm³/mol. The van der Waals surface area contributed by atoms with Crippen LogP contribution < -0.4 is 4.72 Å². The Morgan fingerprint density at radius 1 is 1.40 bits per heavy atom. The number of hydrogen-bond acceptors (Lipinski definition) is 3.